The molecule has 0 fully saturated rings. The number of rotatable bonds is 6. The van der Waals surface area contributed by atoms with Gasteiger partial charge in [-0.05, 0) is 31.3 Å². The van der Waals surface area contributed by atoms with E-state index >= 15 is 0 Å². The van der Waals surface area contributed by atoms with Crippen LogP contribution in [0.4, 0.5) is 5.69 Å². The first kappa shape index (κ1) is 14.4. The van der Waals surface area contributed by atoms with E-state index in [1.807, 2.05) is 18.2 Å². The molecule has 1 aromatic heterocycles. The van der Waals surface area contributed by atoms with E-state index in [1.165, 1.54) is 11.3 Å². The Bertz CT molecular complexity index is 578. The summed E-state index contributed by atoms with van der Waals surface area (Å²) in [5.41, 5.74) is 7.34. The van der Waals surface area contributed by atoms with Gasteiger partial charge in [-0.1, -0.05) is 13.8 Å². The van der Waals surface area contributed by atoms with Crippen LogP contribution < -0.4 is 5.73 Å². The average Bonchev–Trinajstić information content (AvgIpc) is 2.82. The molecule has 2 rings (SSSR count). The molecule has 2 N–H and O–H groups in total. The number of nitrogens with zero attached hydrogens (tertiary/aromatic N) is 2. The van der Waals surface area contributed by atoms with Crippen molar-refractivity contribution in [2.45, 2.75) is 18.2 Å². The van der Waals surface area contributed by atoms with Gasteiger partial charge >= 0.3 is 0 Å². The molecule has 2 aromatic rings. The highest BCUT2D eigenvalue weighted by atomic mass is 32.2. The highest BCUT2D eigenvalue weighted by Gasteiger charge is 2.12. The molecule has 0 aliphatic carbocycles. The molecular formula is C13H19N3OS2. The van der Waals surface area contributed by atoms with E-state index in [0.29, 0.717) is 10.1 Å². The third-order valence-corrected chi connectivity index (χ3v) is 5.73. The Morgan fingerprint density at radius 1 is 1.37 bits per heavy atom. The lowest BCUT2D eigenvalue weighted by atomic mass is 10.3. The smallest absolute Gasteiger partial charge is 0.181 e. The zero-order valence-electron chi connectivity index (χ0n) is 11.3. The van der Waals surface area contributed by atoms with Crippen LogP contribution in [0.3, 0.4) is 0 Å². The summed E-state index contributed by atoms with van der Waals surface area (Å²) in [6.45, 7) is 7.06. The summed E-state index contributed by atoms with van der Waals surface area (Å²) in [4.78, 5) is 6.69. The van der Waals surface area contributed by atoms with Gasteiger partial charge in [-0.15, -0.1) is 11.3 Å². The number of thiazole rings is 1. The number of anilines is 1. The highest BCUT2D eigenvalue weighted by Crippen LogP contribution is 2.26. The van der Waals surface area contributed by atoms with E-state index in [9.17, 15) is 4.21 Å². The summed E-state index contributed by atoms with van der Waals surface area (Å²) in [5.74, 6) is 0.636. The summed E-state index contributed by atoms with van der Waals surface area (Å²) in [5, 5.41) is 0. The number of benzene rings is 1. The minimum absolute atomic E-state index is 0.636. The zero-order valence-corrected chi connectivity index (χ0v) is 12.9. The molecule has 1 unspecified atom stereocenters. The molecule has 0 amide bonds. The quantitative estimate of drug-likeness (QED) is 0.831. The molecule has 0 aliphatic heterocycles. The largest absolute Gasteiger partial charge is 0.399 e. The maximum atomic E-state index is 12.2. The standard InChI is InChI=1S/C13H19N3OS2/c1-3-16(4-2)7-8-19(17)13-15-11-6-5-10(14)9-12(11)18-13/h5-6,9H,3-4,7-8,14H2,1-2H3. The Kier molecular flexibility index (Phi) is 4.90. The molecule has 104 valence electrons. The summed E-state index contributed by atoms with van der Waals surface area (Å²) in [6.07, 6.45) is 0. The van der Waals surface area contributed by atoms with Crippen molar-refractivity contribution in [1.29, 1.82) is 0 Å². The van der Waals surface area contributed by atoms with Crippen molar-refractivity contribution < 1.29 is 4.21 Å². The summed E-state index contributed by atoms with van der Waals surface area (Å²) < 4.78 is 13.9. The summed E-state index contributed by atoms with van der Waals surface area (Å²) in [6, 6.07) is 5.59. The first-order valence-electron chi connectivity index (χ1n) is 6.40. The third-order valence-electron chi connectivity index (χ3n) is 3.07. The van der Waals surface area contributed by atoms with Crippen molar-refractivity contribution in [1.82, 2.24) is 9.88 Å². The molecule has 0 spiro atoms. The van der Waals surface area contributed by atoms with E-state index in [1.54, 1.807) is 0 Å². The van der Waals surface area contributed by atoms with Crippen LogP contribution in [-0.2, 0) is 10.8 Å². The van der Waals surface area contributed by atoms with Crippen LogP contribution >= 0.6 is 11.3 Å². The molecular weight excluding hydrogens is 278 g/mol. The lowest BCUT2D eigenvalue weighted by molar-refractivity contribution is 0.323. The van der Waals surface area contributed by atoms with Crippen LogP contribution in [-0.4, -0.2) is 39.5 Å². The number of fused-ring (bicyclic) bond motifs is 1. The van der Waals surface area contributed by atoms with Gasteiger partial charge in [0, 0.05) is 18.0 Å². The molecule has 4 nitrogen and oxygen atoms in total. The van der Waals surface area contributed by atoms with Gasteiger partial charge in [0.2, 0.25) is 0 Å². The van der Waals surface area contributed by atoms with E-state index in [-0.39, 0.29) is 0 Å². The first-order valence-corrected chi connectivity index (χ1v) is 8.54. The molecule has 0 saturated heterocycles. The van der Waals surface area contributed by atoms with Crippen molar-refractivity contribution in [3.05, 3.63) is 18.2 Å². The molecule has 0 saturated carbocycles. The van der Waals surface area contributed by atoms with Crippen LogP contribution in [0.25, 0.3) is 10.2 Å². The molecule has 0 aliphatic rings. The van der Waals surface area contributed by atoms with Gasteiger partial charge in [0.1, 0.15) is 0 Å². The number of hydrogen-bond donors (Lipinski definition) is 1. The Morgan fingerprint density at radius 2 is 2.11 bits per heavy atom. The summed E-state index contributed by atoms with van der Waals surface area (Å²) in [7, 11) is -1.02. The van der Waals surface area contributed by atoms with Gasteiger partial charge in [0.25, 0.3) is 0 Å². The maximum absolute atomic E-state index is 12.2. The minimum Gasteiger partial charge on any atom is -0.399 e. The van der Waals surface area contributed by atoms with Crippen LogP contribution in [0.15, 0.2) is 22.5 Å². The molecule has 6 heteroatoms. The Hall–Kier alpha value is -0.980. The predicted octanol–water partition coefficient (Wildman–Crippen LogP) is 2.33. The second-order valence-corrected chi connectivity index (χ2v) is 7.06. The van der Waals surface area contributed by atoms with Crippen molar-refractivity contribution in [3.63, 3.8) is 0 Å². The second-order valence-electron chi connectivity index (χ2n) is 4.28. The number of nitrogens with two attached hydrogens (primary N) is 1. The molecule has 1 atom stereocenters. The normalized spacial score (nSPS) is 13.2. The Labute approximate surface area is 120 Å². The van der Waals surface area contributed by atoms with Gasteiger partial charge < -0.3 is 10.6 Å². The minimum atomic E-state index is -1.02. The lowest BCUT2D eigenvalue weighted by Crippen LogP contribution is -2.27. The van der Waals surface area contributed by atoms with Crippen LogP contribution in [0.1, 0.15) is 13.8 Å². The van der Waals surface area contributed by atoms with Crippen molar-refractivity contribution in [2.24, 2.45) is 0 Å². The summed E-state index contributed by atoms with van der Waals surface area (Å²) >= 11 is 1.48. The predicted molar refractivity (Wildman–Crippen MR) is 83.1 cm³/mol. The van der Waals surface area contributed by atoms with Gasteiger partial charge in [-0.3, -0.25) is 4.21 Å². The highest BCUT2D eigenvalue weighted by molar-refractivity contribution is 7.87. The van der Waals surface area contributed by atoms with Crippen molar-refractivity contribution in [3.8, 4) is 0 Å². The molecule has 0 radical (unpaired) electrons. The number of nitrogen functional groups attached to an aromatic ring is 1. The number of hydrogen-bond acceptors (Lipinski definition) is 5. The first-order chi connectivity index (χ1) is 9.13. The number of aromatic nitrogens is 1. The SMILES string of the molecule is CCN(CC)CCS(=O)c1nc2ccc(N)cc2s1. The molecule has 0 bridgehead atoms. The van der Waals surface area contributed by atoms with E-state index in [0.717, 1.165) is 35.5 Å². The second kappa shape index (κ2) is 6.45. The molecule has 1 aromatic carbocycles. The monoisotopic (exact) mass is 297 g/mol. The zero-order chi connectivity index (χ0) is 13.8. The van der Waals surface area contributed by atoms with Crippen LogP contribution in [0.5, 0.6) is 0 Å². The van der Waals surface area contributed by atoms with E-state index < -0.39 is 10.8 Å². The van der Waals surface area contributed by atoms with Gasteiger partial charge in [-0.25, -0.2) is 4.98 Å². The van der Waals surface area contributed by atoms with Crippen molar-refractivity contribution in [2.75, 3.05) is 31.1 Å². The van der Waals surface area contributed by atoms with Gasteiger partial charge in [0.05, 0.1) is 21.0 Å². The van der Waals surface area contributed by atoms with E-state index in [4.69, 9.17) is 5.73 Å². The Balaban J connectivity index is 2.09. The fourth-order valence-corrected chi connectivity index (χ4v) is 4.29. The topological polar surface area (TPSA) is 59.2 Å². The lowest BCUT2D eigenvalue weighted by Gasteiger charge is -2.16. The third kappa shape index (κ3) is 3.52. The molecule has 19 heavy (non-hydrogen) atoms. The van der Waals surface area contributed by atoms with Crippen LogP contribution in [0.2, 0.25) is 0 Å². The fraction of sp³-hybridized carbons (Fsp3) is 0.462. The Morgan fingerprint density at radius 3 is 2.79 bits per heavy atom. The van der Waals surface area contributed by atoms with E-state index in [2.05, 4.69) is 23.7 Å². The molecule has 1 heterocycles. The maximum Gasteiger partial charge on any atom is 0.181 e. The van der Waals surface area contributed by atoms with Gasteiger partial charge in [-0.2, -0.15) is 0 Å². The van der Waals surface area contributed by atoms with Crippen LogP contribution in [0, 0.1) is 0 Å². The van der Waals surface area contributed by atoms with Gasteiger partial charge in [0.15, 0.2) is 4.34 Å². The fourth-order valence-electron chi connectivity index (χ4n) is 1.86. The average molecular weight is 297 g/mol. The van der Waals surface area contributed by atoms with Crippen molar-refractivity contribution >= 4 is 38.0 Å².